The van der Waals surface area contributed by atoms with Crippen molar-refractivity contribution in [1.29, 1.82) is 0 Å². The normalized spacial score (nSPS) is 11.5. The van der Waals surface area contributed by atoms with Crippen molar-refractivity contribution in [3.05, 3.63) is 273 Å². The van der Waals surface area contributed by atoms with Crippen LogP contribution in [0, 0.1) is 0 Å². The van der Waals surface area contributed by atoms with Crippen LogP contribution in [-0.4, -0.2) is 24.1 Å². The third-order valence-corrected chi connectivity index (χ3v) is 14.4. The highest BCUT2D eigenvalue weighted by Crippen LogP contribution is 2.52. The maximum Gasteiger partial charge on any atom is 0.238 e. The van der Waals surface area contributed by atoms with E-state index in [2.05, 4.69) is 258 Å². The summed E-state index contributed by atoms with van der Waals surface area (Å²) in [7, 11) is 0. The Morgan fingerprint density at radius 2 is 0.608 bits per heavy atom. The number of benzene rings is 11. The van der Waals surface area contributed by atoms with Crippen molar-refractivity contribution in [3.8, 4) is 90.0 Å². The molecule has 11 aromatic carbocycles. The number of hydrogen-bond donors (Lipinski definition) is 0. The summed E-state index contributed by atoms with van der Waals surface area (Å²) in [4.78, 5) is 16.3. The summed E-state index contributed by atoms with van der Waals surface area (Å²) < 4.78 is 4.80. The third kappa shape index (κ3) is 7.29. The molecule has 0 amide bonds. The van der Waals surface area contributed by atoms with Crippen LogP contribution in [0.1, 0.15) is 0 Å². The molecule has 0 bridgehead atoms. The van der Waals surface area contributed by atoms with Gasteiger partial charge >= 0.3 is 0 Å². The summed E-state index contributed by atoms with van der Waals surface area (Å²) in [6.07, 6.45) is 0. The van der Waals surface area contributed by atoms with Crippen molar-refractivity contribution in [2.45, 2.75) is 0 Å². The van der Waals surface area contributed by atoms with Gasteiger partial charge in [-0.05, 0) is 74.8 Å². The van der Waals surface area contributed by atoms with Crippen molar-refractivity contribution >= 4 is 43.6 Å². The molecule has 0 radical (unpaired) electrons. The van der Waals surface area contributed by atoms with Crippen molar-refractivity contribution in [2.75, 3.05) is 0 Å². The molecule has 14 aromatic rings. The maximum absolute atomic E-state index is 5.56. The Kier molecular flexibility index (Phi) is 10.4. The first-order chi connectivity index (χ1) is 36.7. The molecule has 0 saturated carbocycles. The minimum absolute atomic E-state index is 0.528. The van der Waals surface area contributed by atoms with Crippen molar-refractivity contribution in [3.63, 3.8) is 0 Å². The molecule has 0 atom stereocenters. The summed E-state index contributed by atoms with van der Waals surface area (Å²) in [5.41, 5.74) is 18.4. The molecule has 0 aliphatic heterocycles. The fourth-order valence-corrected chi connectivity index (χ4v) is 11.0. The smallest absolute Gasteiger partial charge is 0.238 e. The van der Waals surface area contributed by atoms with Crippen molar-refractivity contribution in [2.24, 2.45) is 0 Å². The lowest BCUT2D eigenvalue weighted by atomic mass is 9.86. The zero-order valence-electron chi connectivity index (χ0n) is 40.2. The van der Waals surface area contributed by atoms with E-state index in [0.717, 1.165) is 116 Å². The highest BCUT2D eigenvalue weighted by Gasteiger charge is 2.30. The molecule has 3 heterocycles. The average Bonchev–Trinajstić information content (AvgIpc) is 4.03. The molecule has 0 N–H and O–H groups in total. The lowest BCUT2D eigenvalue weighted by molar-refractivity contribution is 0.953. The van der Waals surface area contributed by atoms with Gasteiger partial charge in [0, 0.05) is 49.5 Å². The van der Waals surface area contributed by atoms with Crippen molar-refractivity contribution < 1.29 is 0 Å². The standard InChI is InChI=1S/C69H45N5/c1-6-22-46(23-7-1)49-40-42-52(43-41-49)68-70-67(51-30-14-5-15-31-51)71-69(72-68)74-60-39-19-17-37-58(60)64-62(55-34-20-32-53(44-55)47-24-8-2-9-25-47)61(50-28-12-4-13-29-50)63-57-36-16-18-38-59(57)73(65(63)66(64)74)56-35-21-33-54(45-56)48-26-10-3-11-27-48/h1-45H. The Morgan fingerprint density at radius 3 is 1.18 bits per heavy atom. The highest BCUT2D eigenvalue weighted by molar-refractivity contribution is 6.33. The highest BCUT2D eigenvalue weighted by atomic mass is 15.2. The van der Waals surface area contributed by atoms with Gasteiger partial charge in [0.2, 0.25) is 5.95 Å². The van der Waals surface area contributed by atoms with Gasteiger partial charge in [0.1, 0.15) is 0 Å². The quantitative estimate of drug-likeness (QED) is 0.145. The van der Waals surface area contributed by atoms with Crippen LogP contribution in [0.2, 0.25) is 0 Å². The molecule has 0 aliphatic carbocycles. The zero-order valence-corrected chi connectivity index (χ0v) is 40.2. The lowest BCUT2D eigenvalue weighted by Gasteiger charge is -2.19. The topological polar surface area (TPSA) is 48.5 Å². The number of nitrogens with zero attached hydrogens (tertiary/aromatic N) is 5. The van der Waals surface area contributed by atoms with E-state index >= 15 is 0 Å². The first-order valence-electron chi connectivity index (χ1n) is 25.1. The van der Waals surface area contributed by atoms with E-state index in [1.54, 1.807) is 0 Å². The Labute approximate surface area is 428 Å². The summed E-state index contributed by atoms with van der Waals surface area (Å²) in [5, 5.41) is 4.48. The number of hydrogen-bond acceptors (Lipinski definition) is 3. The average molecular weight is 944 g/mol. The fourth-order valence-electron chi connectivity index (χ4n) is 11.0. The monoisotopic (exact) mass is 943 g/mol. The molecule has 0 aliphatic rings. The van der Waals surface area contributed by atoms with E-state index in [1.165, 1.54) is 0 Å². The van der Waals surface area contributed by atoms with Gasteiger partial charge in [0.15, 0.2) is 11.6 Å². The van der Waals surface area contributed by atoms with Crippen LogP contribution in [0.4, 0.5) is 0 Å². The number of para-hydroxylation sites is 2. The molecule has 0 spiro atoms. The fraction of sp³-hybridized carbons (Fsp3) is 0. The summed E-state index contributed by atoms with van der Waals surface area (Å²) in [6.45, 7) is 0. The second-order valence-electron chi connectivity index (χ2n) is 18.7. The van der Waals surface area contributed by atoms with Crippen LogP contribution in [0.3, 0.4) is 0 Å². The second kappa shape index (κ2) is 18.0. The van der Waals surface area contributed by atoms with Crippen molar-refractivity contribution in [1.82, 2.24) is 24.1 Å². The van der Waals surface area contributed by atoms with Crippen LogP contribution in [-0.2, 0) is 0 Å². The predicted octanol–water partition coefficient (Wildman–Crippen LogP) is 17.7. The van der Waals surface area contributed by atoms with Gasteiger partial charge in [0.25, 0.3) is 0 Å². The van der Waals surface area contributed by atoms with E-state index in [9.17, 15) is 0 Å². The van der Waals surface area contributed by atoms with Gasteiger partial charge < -0.3 is 4.57 Å². The Bertz CT molecular complexity index is 4370. The van der Waals surface area contributed by atoms with E-state index in [-0.39, 0.29) is 0 Å². The van der Waals surface area contributed by atoms with Crippen LogP contribution in [0.25, 0.3) is 134 Å². The first-order valence-corrected chi connectivity index (χ1v) is 25.1. The number of fused-ring (bicyclic) bond motifs is 7. The number of rotatable bonds is 9. The zero-order chi connectivity index (χ0) is 49.0. The molecule has 3 aromatic heterocycles. The Hall–Kier alpha value is -9.97. The van der Waals surface area contributed by atoms with Crippen LogP contribution in [0.5, 0.6) is 0 Å². The molecular formula is C69H45N5. The molecule has 5 nitrogen and oxygen atoms in total. The molecular weight excluding hydrogens is 899 g/mol. The van der Waals surface area contributed by atoms with Gasteiger partial charge in [-0.3, -0.25) is 4.57 Å². The van der Waals surface area contributed by atoms with Gasteiger partial charge in [0.05, 0.1) is 22.1 Å². The predicted molar refractivity (Wildman–Crippen MR) is 307 cm³/mol. The van der Waals surface area contributed by atoms with Crippen LogP contribution in [0.15, 0.2) is 273 Å². The third-order valence-electron chi connectivity index (χ3n) is 14.4. The summed E-state index contributed by atoms with van der Waals surface area (Å²) >= 11 is 0. The Morgan fingerprint density at radius 1 is 0.243 bits per heavy atom. The van der Waals surface area contributed by atoms with Gasteiger partial charge in [-0.25, -0.2) is 4.98 Å². The minimum Gasteiger partial charge on any atom is -0.307 e. The summed E-state index contributed by atoms with van der Waals surface area (Å²) in [6, 6.07) is 97.3. The van der Waals surface area contributed by atoms with E-state index in [1.807, 2.05) is 24.3 Å². The van der Waals surface area contributed by atoms with Crippen LogP contribution >= 0.6 is 0 Å². The molecule has 14 rings (SSSR count). The Balaban J connectivity index is 1.17. The maximum atomic E-state index is 5.56. The molecule has 0 saturated heterocycles. The van der Waals surface area contributed by atoms with E-state index in [0.29, 0.717) is 17.6 Å². The summed E-state index contributed by atoms with van der Waals surface area (Å²) in [5.74, 6) is 1.70. The van der Waals surface area contributed by atoms with E-state index in [4.69, 9.17) is 15.0 Å². The van der Waals surface area contributed by atoms with Gasteiger partial charge in [-0.2, -0.15) is 9.97 Å². The van der Waals surface area contributed by atoms with Crippen LogP contribution < -0.4 is 0 Å². The van der Waals surface area contributed by atoms with E-state index < -0.39 is 0 Å². The van der Waals surface area contributed by atoms with Gasteiger partial charge in [-0.15, -0.1) is 0 Å². The first kappa shape index (κ1) is 42.9. The molecule has 346 valence electrons. The molecule has 0 unspecified atom stereocenters. The SMILES string of the molecule is c1ccc(-c2ccc(-c3nc(-c4ccccc4)nc(-n4c5ccccc5c5c(-c6cccc(-c7ccccc7)c6)c(-c6ccccc6)c6c7ccccc7n(-c7cccc(-c8ccccc8)c7)c6c54)n3)cc2)cc1. The molecule has 74 heavy (non-hydrogen) atoms. The molecule has 0 fully saturated rings. The number of aromatic nitrogens is 5. The second-order valence-corrected chi connectivity index (χ2v) is 18.7. The van der Waals surface area contributed by atoms with Gasteiger partial charge in [-0.1, -0.05) is 243 Å². The minimum atomic E-state index is 0.528. The lowest BCUT2D eigenvalue weighted by Crippen LogP contribution is -2.07. The largest absolute Gasteiger partial charge is 0.307 e. The molecule has 5 heteroatoms.